The first kappa shape index (κ1) is 16.8. The molecular formula is C18H33NO2. The van der Waals surface area contributed by atoms with Gasteiger partial charge in [0.25, 0.3) is 0 Å². The molecule has 21 heavy (non-hydrogen) atoms. The third-order valence-electron chi connectivity index (χ3n) is 5.37. The molecule has 3 heteroatoms. The molecule has 2 atom stereocenters. The Morgan fingerprint density at radius 3 is 2.43 bits per heavy atom. The zero-order valence-electron chi connectivity index (χ0n) is 14.0. The van der Waals surface area contributed by atoms with Crippen LogP contribution >= 0.6 is 0 Å². The minimum absolute atomic E-state index is 0.00310. The van der Waals surface area contributed by atoms with Crippen LogP contribution in [-0.2, 0) is 9.53 Å². The van der Waals surface area contributed by atoms with Crippen molar-refractivity contribution in [3.05, 3.63) is 0 Å². The third kappa shape index (κ3) is 4.70. The monoisotopic (exact) mass is 295 g/mol. The zero-order chi connectivity index (χ0) is 15.1. The van der Waals surface area contributed by atoms with Crippen molar-refractivity contribution in [2.45, 2.75) is 96.1 Å². The lowest BCUT2D eigenvalue weighted by Crippen LogP contribution is -2.56. The van der Waals surface area contributed by atoms with E-state index in [1.807, 2.05) is 6.92 Å². The minimum atomic E-state index is -0.407. The number of rotatable bonds is 4. The molecule has 0 heterocycles. The third-order valence-corrected chi connectivity index (χ3v) is 5.37. The lowest BCUT2D eigenvalue weighted by molar-refractivity contribution is -0.152. The van der Waals surface area contributed by atoms with Crippen molar-refractivity contribution in [3.63, 3.8) is 0 Å². The van der Waals surface area contributed by atoms with E-state index in [4.69, 9.17) is 4.74 Å². The van der Waals surface area contributed by atoms with Crippen LogP contribution in [-0.4, -0.2) is 24.2 Å². The molecule has 0 aromatic heterocycles. The van der Waals surface area contributed by atoms with Gasteiger partial charge < -0.3 is 4.74 Å². The van der Waals surface area contributed by atoms with Gasteiger partial charge in [-0.25, -0.2) is 0 Å². The van der Waals surface area contributed by atoms with Crippen LogP contribution in [0.15, 0.2) is 0 Å². The maximum absolute atomic E-state index is 12.7. The number of hydrogen-bond acceptors (Lipinski definition) is 3. The van der Waals surface area contributed by atoms with Crippen molar-refractivity contribution in [1.82, 2.24) is 5.32 Å². The summed E-state index contributed by atoms with van der Waals surface area (Å²) in [6.45, 7) is 4.71. The fourth-order valence-corrected chi connectivity index (χ4v) is 4.01. The van der Waals surface area contributed by atoms with Crippen LogP contribution in [0.3, 0.4) is 0 Å². The molecule has 2 fully saturated rings. The number of ether oxygens (including phenoxy) is 1. The molecule has 2 aliphatic rings. The van der Waals surface area contributed by atoms with E-state index in [1.54, 1.807) is 0 Å². The van der Waals surface area contributed by atoms with Gasteiger partial charge in [-0.05, 0) is 44.9 Å². The fraction of sp³-hybridized carbons (Fsp3) is 0.944. The van der Waals surface area contributed by atoms with Crippen molar-refractivity contribution in [1.29, 1.82) is 0 Å². The Hall–Kier alpha value is -0.570. The molecule has 2 rings (SSSR count). The fourth-order valence-electron chi connectivity index (χ4n) is 4.01. The molecule has 0 amide bonds. The van der Waals surface area contributed by atoms with Crippen LogP contribution in [0.2, 0.25) is 0 Å². The summed E-state index contributed by atoms with van der Waals surface area (Å²) in [7, 11) is 0. The topological polar surface area (TPSA) is 38.3 Å². The van der Waals surface area contributed by atoms with Gasteiger partial charge in [-0.15, -0.1) is 0 Å². The molecular weight excluding hydrogens is 262 g/mol. The van der Waals surface area contributed by atoms with E-state index < -0.39 is 5.54 Å². The molecule has 0 bridgehead atoms. The lowest BCUT2D eigenvalue weighted by atomic mass is 9.87. The number of nitrogens with one attached hydrogen (secondary N) is 1. The van der Waals surface area contributed by atoms with Crippen LogP contribution < -0.4 is 5.32 Å². The molecule has 0 radical (unpaired) electrons. The Kier molecular flexibility index (Phi) is 6.53. The van der Waals surface area contributed by atoms with Gasteiger partial charge in [0.2, 0.25) is 0 Å². The average Bonchev–Trinajstić information content (AvgIpc) is 2.82. The summed E-state index contributed by atoms with van der Waals surface area (Å²) in [5.41, 5.74) is -0.407. The van der Waals surface area contributed by atoms with Gasteiger partial charge >= 0.3 is 5.97 Å². The number of carbonyl (C=O) groups is 1. The molecule has 0 spiro atoms. The van der Waals surface area contributed by atoms with Crippen molar-refractivity contribution in [2.24, 2.45) is 5.92 Å². The molecule has 3 nitrogen and oxygen atoms in total. The summed E-state index contributed by atoms with van der Waals surface area (Å²) in [5.74, 6) is 0.737. The van der Waals surface area contributed by atoms with Gasteiger partial charge in [0.1, 0.15) is 5.54 Å². The predicted molar refractivity (Wildman–Crippen MR) is 86.2 cm³/mol. The quantitative estimate of drug-likeness (QED) is 0.624. The lowest BCUT2D eigenvalue weighted by Gasteiger charge is -2.35. The van der Waals surface area contributed by atoms with Gasteiger partial charge in [0.05, 0.1) is 6.61 Å². The first-order valence-electron chi connectivity index (χ1n) is 9.11. The highest BCUT2D eigenvalue weighted by Gasteiger charge is 2.42. The van der Waals surface area contributed by atoms with Crippen molar-refractivity contribution in [2.75, 3.05) is 6.61 Å². The van der Waals surface area contributed by atoms with Gasteiger partial charge in [0, 0.05) is 6.04 Å². The van der Waals surface area contributed by atoms with E-state index in [-0.39, 0.29) is 5.97 Å². The summed E-state index contributed by atoms with van der Waals surface area (Å²) >= 11 is 0. The van der Waals surface area contributed by atoms with Gasteiger partial charge in [0.15, 0.2) is 0 Å². The maximum Gasteiger partial charge on any atom is 0.326 e. The van der Waals surface area contributed by atoms with Crippen LogP contribution in [0.1, 0.15) is 84.5 Å². The summed E-state index contributed by atoms with van der Waals surface area (Å²) in [6.07, 6.45) is 13.2. The van der Waals surface area contributed by atoms with Crippen molar-refractivity contribution >= 4 is 5.97 Å². The highest BCUT2D eigenvalue weighted by Crippen LogP contribution is 2.33. The molecule has 0 aromatic carbocycles. The van der Waals surface area contributed by atoms with Crippen molar-refractivity contribution < 1.29 is 9.53 Å². The van der Waals surface area contributed by atoms with E-state index in [9.17, 15) is 4.79 Å². The molecule has 0 aromatic rings. The summed E-state index contributed by atoms with van der Waals surface area (Å²) in [5, 5.41) is 3.78. The second kappa shape index (κ2) is 8.17. The average molecular weight is 295 g/mol. The second-order valence-corrected chi connectivity index (χ2v) is 7.17. The van der Waals surface area contributed by atoms with Gasteiger partial charge in [-0.1, -0.05) is 45.4 Å². The molecule has 2 unspecified atom stereocenters. The molecule has 1 N–H and O–H groups in total. The predicted octanol–water partition coefficient (Wildman–Crippen LogP) is 4.20. The van der Waals surface area contributed by atoms with E-state index >= 15 is 0 Å². The number of carbonyl (C=O) groups excluding carboxylic acids is 1. The van der Waals surface area contributed by atoms with Crippen LogP contribution in [0.4, 0.5) is 0 Å². The Morgan fingerprint density at radius 1 is 1.05 bits per heavy atom. The molecule has 0 saturated heterocycles. The summed E-state index contributed by atoms with van der Waals surface area (Å²) in [4.78, 5) is 12.7. The van der Waals surface area contributed by atoms with Crippen LogP contribution in [0.5, 0.6) is 0 Å². The Bertz CT molecular complexity index is 323. The SMILES string of the molecule is CCOC(=O)C1(NC2CCCCCC2)CCCC(C)CC1. The zero-order valence-corrected chi connectivity index (χ0v) is 14.0. The first-order chi connectivity index (χ1) is 10.2. The Morgan fingerprint density at radius 2 is 1.76 bits per heavy atom. The largest absolute Gasteiger partial charge is 0.465 e. The highest BCUT2D eigenvalue weighted by atomic mass is 16.5. The summed E-state index contributed by atoms with van der Waals surface area (Å²) < 4.78 is 5.45. The minimum Gasteiger partial charge on any atom is -0.465 e. The highest BCUT2D eigenvalue weighted by molar-refractivity contribution is 5.81. The number of esters is 1. The van der Waals surface area contributed by atoms with Crippen LogP contribution in [0, 0.1) is 5.92 Å². The molecule has 0 aliphatic heterocycles. The molecule has 2 saturated carbocycles. The maximum atomic E-state index is 12.7. The number of hydrogen-bond donors (Lipinski definition) is 1. The van der Waals surface area contributed by atoms with Crippen molar-refractivity contribution in [3.8, 4) is 0 Å². The van der Waals surface area contributed by atoms with E-state index in [0.29, 0.717) is 12.6 Å². The van der Waals surface area contributed by atoms with E-state index in [0.717, 1.165) is 31.6 Å². The molecule has 122 valence electrons. The van der Waals surface area contributed by atoms with E-state index in [2.05, 4.69) is 12.2 Å². The first-order valence-corrected chi connectivity index (χ1v) is 9.11. The van der Waals surface area contributed by atoms with Gasteiger partial charge in [-0.2, -0.15) is 0 Å². The Labute approximate surface area is 130 Å². The normalized spacial score (nSPS) is 32.2. The Balaban J connectivity index is 2.08. The summed E-state index contributed by atoms with van der Waals surface area (Å²) in [6, 6.07) is 0.505. The van der Waals surface area contributed by atoms with E-state index in [1.165, 1.54) is 44.9 Å². The standard InChI is InChI=1S/C18H33NO2/c1-3-21-17(20)18(13-8-9-15(2)12-14-18)19-16-10-6-4-5-7-11-16/h15-16,19H,3-14H2,1-2H3. The van der Waals surface area contributed by atoms with Gasteiger partial charge in [-0.3, -0.25) is 10.1 Å². The second-order valence-electron chi connectivity index (χ2n) is 7.17. The van der Waals surface area contributed by atoms with Crippen LogP contribution in [0.25, 0.3) is 0 Å². The smallest absolute Gasteiger partial charge is 0.326 e. The molecule has 2 aliphatic carbocycles.